The summed E-state index contributed by atoms with van der Waals surface area (Å²) in [5.41, 5.74) is 12.3. The van der Waals surface area contributed by atoms with E-state index in [0.717, 1.165) is 12.1 Å². The lowest BCUT2D eigenvalue weighted by Gasteiger charge is -2.34. The summed E-state index contributed by atoms with van der Waals surface area (Å²) in [6.07, 6.45) is 1.06. The SMILES string of the molecule is C[C@@]12N[C@@H](Cc3ccc(N)cc31)c1ccccc12. The number of nitrogen functional groups attached to an aromatic ring is 1. The van der Waals surface area contributed by atoms with Crippen molar-refractivity contribution >= 4 is 5.69 Å². The molecular formula is C16H16N2. The van der Waals surface area contributed by atoms with Crippen molar-refractivity contribution in [3.63, 3.8) is 0 Å². The molecule has 2 heteroatoms. The molecule has 0 saturated heterocycles. The predicted molar refractivity (Wildman–Crippen MR) is 73.3 cm³/mol. The van der Waals surface area contributed by atoms with Crippen LogP contribution in [0.25, 0.3) is 0 Å². The molecule has 4 rings (SSSR count). The predicted octanol–water partition coefficient (Wildman–Crippen LogP) is 2.73. The molecule has 90 valence electrons. The Bertz CT molecular complexity index is 647. The highest BCUT2D eigenvalue weighted by molar-refractivity contribution is 5.58. The second-order valence-electron chi connectivity index (χ2n) is 5.53. The average Bonchev–Trinajstić information content (AvgIpc) is 2.62. The first-order chi connectivity index (χ1) is 8.68. The Morgan fingerprint density at radius 1 is 1.17 bits per heavy atom. The summed E-state index contributed by atoms with van der Waals surface area (Å²) in [4.78, 5) is 0. The maximum atomic E-state index is 5.96. The van der Waals surface area contributed by atoms with Crippen LogP contribution in [0.5, 0.6) is 0 Å². The molecule has 0 aliphatic carbocycles. The lowest BCUT2D eigenvalue weighted by atomic mass is 9.82. The van der Waals surface area contributed by atoms with Crippen molar-refractivity contribution in [1.29, 1.82) is 0 Å². The maximum absolute atomic E-state index is 5.96. The number of benzene rings is 2. The van der Waals surface area contributed by atoms with Gasteiger partial charge in [-0.2, -0.15) is 0 Å². The number of nitrogens with one attached hydrogen (secondary N) is 1. The van der Waals surface area contributed by atoms with E-state index in [-0.39, 0.29) is 5.54 Å². The zero-order valence-electron chi connectivity index (χ0n) is 10.4. The van der Waals surface area contributed by atoms with E-state index in [9.17, 15) is 0 Å². The topological polar surface area (TPSA) is 38.0 Å². The second kappa shape index (κ2) is 3.15. The van der Waals surface area contributed by atoms with E-state index in [4.69, 9.17) is 5.73 Å². The first-order valence-electron chi connectivity index (χ1n) is 6.44. The first kappa shape index (κ1) is 10.2. The van der Waals surface area contributed by atoms with E-state index in [1.54, 1.807) is 0 Å². The molecule has 0 saturated carbocycles. The Morgan fingerprint density at radius 3 is 2.89 bits per heavy atom. The van der Waals surface area contributed by atoms with Gasteiger partial charge in [0.1, 0.15) is 0 Å². The van der Waals surface area contributed by atoms with Gasteiger partial charge in [0.15, 0.2) is 0 Å². The number of hydrogen-bond donors (Lipinski definition) is 2. The van der Waals surface area contributed by atoms with Crippen molar-refractivity contribution < 1.29 is 0 Å². The molecule has 2 nitrogen and oxygen atoms in total. The molecular weight excluding hydrogens is 220 g/mol. The van der Waals surface area contributed by atoms with Gasteiger partial charge in [0.25, 0.3) is 0 Å². The van der Waals surface area contributed by atoms with E-state index in [2.05, 4.69) is 48.6 Å². The standard InChI is InChI=1S/C16H16N2/c1-16-13-5-3-2-4-12(13)15(18-16)8-10-6-7-11(17)9-14(10)16/h2-7,9,15,18H,8,17H2,1H3/t15-,16-/m0/s1. The molecule has 0 aromatic heterocycles. The van der Waals surface area contributed by atoms with Crippen molar-refractivity contribution in [3.05, 3.63) is 64.7 Å². The van der Waals surface area contributed by atoms with Crippen molar-refractivity contribution in [1.82, 2.24) is 5.32 Å². The molecule has 0 radical (unpaired) electrons. The summed E-state index contributed by atoms with van der Waals surface area (Å²) in [6.45, 7) is 2.27. The van der Waals surface area contributed by atoms with Crippen LogP contribution in [-0.2, 0) is 12.0 Å². The Hall–Kier alpha value is -1.80. The summed E-state index contributed by atoms with van der Waals surface area (Å²) in [5, 5.41) is 3.76. The summed E-state index contributed by atoms with van der Waals surface area (Å²) >= 11 is 0. The summed E-state index contributed by atoms with van der Waals surface area (Å²) < 4.78 is 0. The van der Waals surface area contributed by atoms with Crippen LogP contribution in [0, 0.1) is 0 Å². The number of fused-ring (bicyclic) bond motifs is 7. The third-order valence-corrected chi connectivity index (χ3v) is 4.43. The van der Waals surface area contributed by atoms with Crippen LogP contribution >= 0.6 is 0 Å². The molecule has 2 atom stereocenters. The third kappa shape index (κ3) is 1.11. The second-order valence-corrected chi connectivity index (χ2v) is 5.53. The highest BCUT2D eigenvalue weighted by Gasteiger charge is 2.45. The lowest BCUT2D eigenvalue weighted by molar-refractivity contribution is 0.389. The number of hydrogen-bond acceptors (Lipinski definition) is 2. The fraction of sp³-hybridized carbons (Fsp3) is 0.250. The van der Waals surface area contributed by atoms with Gasteiger partial charge in [-0.1, -0.05) is 30.3 Å². The van der Waals surface area contributed by atoms with E-state index in [1.807, 2.05) is 6.07 Å². The number of rotatable bonds is 0. The highest BCUT2D eigenvalue weighted by atomic mass is 15.1. The largest absolute Gasteiger partial charge is 0.399 e. The average molecular weight is 236 g/mol. The zero-order valence-corrected chi connectivity index (χ0v) is 10.4. The molecule has 0 spiro atoms. The Balaban J connectivity index is 2.04. The van der Waals surface area contributed by atoms with Crippen molar-refractivity contribution in [2.24, 2.45) is 0 Å². The normalized spacial score (nSPS) is 27.7. The zero-order chi connectivity index (χ0) is 12.3. The molecule has 2 aliphatic heterocycles. The van der Waals surface area contributed by atoms with Crippen LogP contribution in [-0.4, -0.2) is 0 Å². The smallest absolute Gasteiger partial charge is 0.0673 e. The molecule has 2 aromatic rings. The molecule has 2 aliphatic rings. The fourth-order valence-electron chi connectivity index (χ4n) is 3.60. The number of nitrogens with two attached hydrogens (primary N) is 1. The molecule has 2 bridgehead atoms. The van der Waals surface area contributed by atoms with Crippen molar-refractivity contribution in [2.75, 3.05) is 5.73 Å². The van der Waals surface area contributed by atoms with Gasteiger partial charge < -0.3 is 5.73 Å². The quantitative estimate of drug-likeness (QED) is 0.690. The first-order valence-corrected chi connectivity index (χ1v) is 6.44. The highest BCUT2D eigenvalue weighted by Crippen LogP contribution is 2.48. The molecule has 0 unspecified atom stereocenters. The van der Waals surface area contributed by atoms with E-state index >= 15 is 0 Å². The lowest BCUT2D eigenvalue weighted by Crippen LogP contribution is -2.41. The van der Waals surface area contributed by atoms with Crippen LogP contribution < -0.4 is 11.1 Å². The van der Waals surface area contributed by atoms with Crippen molar-refractivity contribution in [2.45, 2.75) is 24.9 Å². The summed E-state index contributed by atoms with van der Waals surface area (Å²) in [5.74, 6) is 0. The van der Waals surface area contributed by atoms with Gasteiger partial charge in [0, 0.05) is 11.7 Å². The molecule has 3 N–H and O–H groups in total. The minimum Gasteiger partial charge on any atom is -0.399 e. The Morgan fingerprint density at radius 2 is 2.00 bits per heavy atom. The van der Waals surface area contributed by atoms with Gasteiger partial charge in [-0.15, -0.1) is 0 Å². The van der Waals surface area contributed by atoms with Gasteiger partial charge in [-0.05, 0) is 47.7 Å². The number of anilines is 1. The van der Waals surface area contributed by atoms with E-state index in [0.29, 0.717) is 6.04 Å². The monoisotopic (exact) mass is 236 g/mol. The molecule has 2 aromatic carbocycles. The Labute approximate surface area is 107 Å². The van der Waals surface area contributed by atoms with Gasteiger partial charge in [0.05, 0.1) is 5.54 Å². The van der Waals surface area contributed by atoms with E-state index in [1.165, 1.54) is 22.3 Å². The van der Waals surface area contributed by atoms with Gasteiger partial charge >= 0.3 is 0 Å². The third-order valence-electron chi connectivity index (χ3n) is 4.43. The van der Waals surface area contributed by atoms with Gasteiger partial charge in [-0.25, -0.2) is 0 Å². The molecule has 2 heterocycles. The van der Waals surface area contributed by atoms with E-state index < -0.39 is 0 Å². The minimum atomic E-state index is -0.0791. The maximum Gasteiger partial charge on any atom is 0.0673 e. The molecule has 18 heavy (non-hydrogen) atoms. The van der Waals surface area contributed by atoms with Crippen LogP contribution in [0.1, 0.15) is 35.2 Å². The summed E-state index contributed by atoms with van der Waals surface area (Å²) in [6, 6.07) is 15.5. The van der Waals surface area contributed by atoms with Crippen LogP contribution in [0.2, 0.25) is 0 Å². The Kier molecular flexibility index (Phi) is 1.78. The fourth-order valence-corrected chi connectivity index (χ4v) is 3.60. The summed E-state index contributed by atoms with van der Waals surface area (Å²) in [7, 11) is 0. The minimum absolute atomic E-state index is 0.0791. The van der Waals surface area contributed by atoms with Gasteiger partial charge in [-0.3, -0.25) is 5.32 Å². The van der Waals surface area contributed by atoms with Crippen LogP contribution in [0.15, 0.2) is 42.5 Å². The molecule has 0 amide bonds. The van der Waals surface area contributed by atoms with Crippen LogP contribution in [0.3, 0.4) is 0 Å². The van der Waals surface area contributed by atoms with Crippen molar-refractivity contribution in [3.8, 4) is 0 Å². The molecule has 0 fully saturated rings. The van der Waals surface area contributed by atoms with Crippen LogP contribution in [0.4, 0.5) is 5.69 Å². The van der Waals surface area contributed by atoms with Gasteiger partial charge in [0.2, 0.25) is 0 Å².